The normalized spacial score (nSPS) is 19.1. The van der Waals surface area contributed by atoms with E-state index in [4.69, 9.17) is 15.2 Å². The third kappa shape index (κ3) is 6.24. The van der Waals surface area contributed by atoms with Crippen LogP contribution in [0.15, 0.2) is 40.7 Å². The summed E-state index contributed by atoms with van der Waals surface area (Å²) >= 11 is 2.59. The number of aromatic nitrogens is 3. The Morgan fingerprint density at radius 3 is 2.67 bits per heavy atom. The van der Waals surface area contributed by atoms with Gasteiger partial charge in [-0.3, -0.25) is 14.5 Å². The number of carboxylic acids is 1. The number of carbonyl (C=O) groups excluding carboxylic acids is 3. The molecule has 0 saturated carbocycles. The minimum atomic E-state index is -1.24. The fourth-order valence-corrected chi connectivity index (χ4v) is 6.46. The Morgan fingerprint density at radius 2 is 2.00 bits per heavy atom. The van der Waals surface area contributed by atoms with E-state index in [1.165, 1.54) is 52.7 Å². The number of aromatic hydroxyl groups is 1. The standard InChI is InChI=1S/C24H28N6O8S2/c1-3-38-16(32)9-37-8-15-27-28-24(29(15)2)40-11-13-10-39-22-18(21(34)30(22)19(13)23(35)36)26-20(33)17(25)12-4-6-14(31)7-5-12/h4-7,17-18,22,31H,3,8-11,25H2,1-2H3,(H,26,33)(H,35,36)/t17?,18?,22-/m1/s1. The number of amides is 2. The Balaban J connectivity index is 1.37. The number of nitrogens with zero attached hydrogens (tertiary/aromatic N) is 4. The van der Waals surface area contributed by atoms with Crippen molar-refractivity contribution in [3.63, 3.8) is 0 Å². The fourth-order valence-electron chi connectivity index (χ4n) is 4.05. The summed E-state index contributed by atoms with van der Waals surface area (Å²) in [5, 5.41) is 30.1. The molecule has 5 N–H and O–H groups in total. The summed E-state index contributed by atoms with van der Waals surface area (Å²) in [4.78, 5) is 50.4. The Bertz CT molecular complexity index is 1330. The average molecular weight is 593 g/mol. The van der Waals surface area contributed by atoms with Gasteiger partial charge < -0.3 is 35.3 Å². The van der Waals surface area contributed by atoms with E-state index in [2.05, 4.69) is 15.5 Å². The van der Waals surface area contributed by atoms with Crippen molar-refractivity contribution >= 4 is 47.3 Å². The number of carboxylic acid groups (broad SMARTS) is 1. The molecular formula is C24H28N6O8S2. The van der Waals surface area contributed by atoms with Crippen molar-refractivity contribution in [2.75, 3.05) is 24.7 Å². The van der Waals surface area contributed by atoms with Crippen LogP contribution in [0.3, 0.4) is 0 Å². The summed E-state index contributed by atoms with van der Waals surface area (Å²) in [7, 11) is 1.72. The third-order valence-electron chi connectivity index (χ3n) is 6.14. The summed E-state index contributed by atoms with van der Waals surface area (Å²) in [5.74, 6) is -1.79. The van der Waals surface area contributed by atoms with E-state index in [0.29, 0.717) is 27.9 Å². The van der Waals surface area contributed by atoms with Crippen LogP contribution in [-0.2, 0) is 42.3 Å². The minimum Gasteiger partial charge on any atom is -0.508 e. The maximum atomic E-state index is 13.0. The molecule has 1 fully saturated rings. The summed E-state index contributed by atoms with van der Waals surface area (Å²) < 4.78 is 11.8. The molecule has 0 spiro atoms. The van der Waals surface area contributed by atoms with Gasteiger partial charge in [0.15, 0.2) is 11.0 Å². The Labute approximate surface area is 237 Å². The molecule has 40 heavy (non-hydrogen) atoms. The molecule has 2 aliphatic rings. The number of nitrogens with two attached hydrogens (primary N) is 1. The van der Waals surface area contributed by atoms with Crippen molar-refractivity contribution in [2.45, 2.75) is 36.1 Å². The SMILES string of the molecule is CCOC(=O)COCc1nnc(SCC2=C(C(=O)O)N3C(=O)C(NC(=O)C(N)c4ccc(O)cc4)[C@H]3SC2)n1C. The number of rotatable bonds is 12. The highest BCUT2D eigenvalue weighted by Crippen LogP contribution is 2.41. The number of phenols is 1. The Morgan fingerprint density at radius 1 is 1.27 bits per heavy atom. The summed E-state index contributed by atoms with van der Waals surface area (Å²) in [6.45, 7) is 1.78. The molecule has 14 nitrogen and oxygen atoms in total. The first kappa shape index (κ1) is 29.4. The first-order chi connectivity index (χ1) is 19.1. The predicted octanol–water partition coefficient (Wildman–Crippen LogP) is 0.131. The van der Waals surface area contributed by atoms with E-state index >= 15 is 0 Å². The molecule has 1 aromatic carbocycles. The molecule has 2 unspecified atom stereocenters. The molecule has 2 aliphatic heterocycles. The number of fused-ring (bicyclic) bond motifs is 1. The number of aliphatic carboxylic acids is 1. The lowest BCUT2D eigenvalue weighted by molar-refractivity contribution is -0.150. The van der Waals surface area contributed by atoms with Crippen molar-refractivity contribution in [3.05, 3.63) is 46.9 Å². The van der Waals surface area contributed by atoms with E-state index in [-0.39, 0.29) is 37.0 Å². The number of ether oxygens (including phenoxy) is 2. The van der Waals surface area contributed by atoms with Crippen LogP contribution in [0.5, 0.6) is 5.75 Å². The fraction of sp³-hybridized carbons (Fsp3) is 0.417. The second-order valence-corrected chi connectivity index (χ2v) is 10.8. The lowest BCUT2D eigenvalue weighted by atomic mass is 10.0. The number of esters is 1. The van der Waals surface area contributed by atoms with Crippen molar-refractivity contribution in [3.8, 4) is 5.75 Å². The molecule has 0 radical (unpaired) electrons. The van der Waals surface area contributed by atoms with Crippen molar-refractivity contribution in [1.82, 2.24) is 25.0 Å². The van der Waals surface area contributed by atoms with Crippen LogP contribution in [0, 0.1) is 0 Å². The molecule has 3 heterocycles. The molecule has 214 valence electrons. The van der Waals surface area contributed by atoms with Gasteiger partial charge >= 0.3 is 11.9 Å². The highest BCUT2D eigenvalue weighted by atomic mass is 32.2. The lowest BCUT2D eigenvalue weighted by Crippen LogP contribution is -2.71. The van der Waals surface area contributed by atoms with E-state index in [9.17, 15) is 29.4 Å². The van der Waals surface area contributed by atoms with Crippen LogP contribution in [0.4, 0.5) is 0 Å². The van der Waals surface area contributed by atoms with E-state index in [0.717, 1.165) is 0 Å². The number of hydrogen-bond acceptors (Lipinski definition) is 12. The van der Waals surface area contributed by atoms with Crippen molar-refractivity contribution in [1.29, 1.82) is 0 Å². The molecule has 4 rings (SSSR count). The van der Waals surface area contributed by atoms with Gasteiger partial charge in [-0.1, -0.05) is 23.9 Å². The molecule has 2 amide bonds. The molecule has 3 atom stereocenters. The van der Waals surface area contributed by atoms with E-state index in [1.807, 2.05) is 0 Å². The average Bonchev–Trinajstić information content (AvgIpc) is 3.28. The largest absolute Gasteiger partial charge is 0.508 e. The predicted molar refractivity (Wildman–Crippen MR) is 143 cm³/mol. The second kappa shape index (κ2) is 12.7. The highest BCUT2D eigenvalue weighted by Gasteiger charge is 2.54. The zero-order valence-corrected chi connectivity index (χ0v) is 23.2. The number of carbonyl (C=O) groups is 4. The van der Waals surface area contributed by atoms with Crippen LogP contribution in [0.2, 0.25) is 0 Å². The first-order valence-electron chi connectivity index (χ1n) is 12.1. The molecule has 0 aliphatic carbocycles. The van der Waals surface area contributed by atoms with Gasteiger partial charge in [-0.15, -0.1) is 22.0 Å². The summed E-state index contributed by atoms with van der Waals surface area (Å²) in [6, 6.07) is 3.84. The molecular weight excluding hydrogens is 564 g/mol. The van der Waals surface area contributed by atoms with Crippen molar-refractivity contribution < 1.29 is 38.9 Å². The van der Waals surface area contributed by atoms with Gasteiger partial charge in [-0.2, -0.15) is 0 Å². The third-order valence-corrected chi connectivity index (χ3v) is 8.59. The summed E-state index contributed by atoms with van der Waals surface area (Å²) in [6.07, 6.45) is 0. The zero-order chi connectivity index (χ0) is 29.0. The highest BCUT2D eigenvalue weighted by molar-refractivity contribution is 8.01. The monoisotopic (exact) mass is 592 g/mol. The minimum absolute atomic E-state index is 0.0291. The van der Waals surface area contributed by atoms with Gasteiger partial charge in [0.1, 0.15) is 42.1 Å². The lowest BCUT2D eigenvalue weighted by Gasteiger charge is -2.49. The number of β-lactam (4-membered cyclic amide) rings is 1. The maximum absolute atomic E-state index is 13.0. The number of benzene rings is 1. The second-order valence-electron chi connectivity index (χ2n) is 8.77. The van der Waals surface area contributed by atoms with Gasteiger partial charge in [-0.25, -0.2) is 9.59 Å². The summed E-state index contributed by atoms with van der Waals surface area (Å²) in [5.41, 5.74) is 6.88. The van der Waals surface area contributed by atoms with Gasteiger partial charge in [0.2, 0.25) is 5.91 Å². The van der Waals surface area contributed by atoms with Crippen LogP contribution < -0.4 is 11.1 Å². The quantitative estimate of drug-likeness (QED) is 0.147. The smallest absolute Gasteiger partial charge is 0.352 e. The molecule has 1 saturated heterocycles. The van der Waals surface area contributed by atoms with Crippen LogP contribution >= 0.6 is 23.5 Å². The van der Waals surface area contributed by atoms with Gasteiger partial charge in [0, 0.05) is 18.6 Å². The molecule has 1 aromatic heterocycles. The topological polar surface area (TPSA) is 199 Å². The maximum Gasteiger partial charge on any atom is 0.352 e. The zero-order valence-electron chi connectivity index (χ0n) is 21.6. The van der Waals surface area contributed by atoms with Crippen LogP contribution in [0.25, 0.3) is 0 Å². The van der Waals surface area contributed by atoms with Gasteiger partial charge in [0.05, 0.1) is 6.61 Å². The first-order valence-corrected chi connectivity index (χ1v) is 14.1. The Hall–Kier alpha value is -3.60. The Kier molecular flexibility index (Phi) is 9.34. The number of nitrogens with one attached hydrogen (secondary N) is 1. The van der Waals surface area contributed by atoms with E-state index in [1.54, 1.807) is 18.5 Å². The number of hydrogen-bond donors (Lipinski definition) is 4. The van der Waals surface area contributed by atoms with Gasteiger partial charge in [-0.05, 0) is 30.2 Å². The molecule has 0 bridgehead atoms. The van der Waals surface area contributed by atoms with Gasteiger partial charge in [0.25, 0.3) is 5.91 Å². The van der Waals surface area contributed by atoms with Crippen molar-refractivity contribution in [2.24, 2.45) is 12.8 Å². The van der Waals surface area contributed by atoms with E-state index < -0.39 is 41.2 Å². The molecule has 16 heteroatoms. The van der Waals surface area contributed by atoms with Crippen LogP contribution in [0.1, 0.15) is 24.4 Å². The number of thioether (sulfide) groups is 2. The van der Waals surface area contributed by atoms with Crippen LogP contribution in [-0.4, -0.2) is 89.8 Å². The number of phenolic OH excluding ortho intramolecular Hbond substituents is 1. The molecule has 2 aromatic rings.